The molecule has 0 N–H and O–H groups in total. The summed E-state index contributed by atoms with van der Waals surface area (Å²) in [6.45, 7) is 8.98. The van der Waals surface area contributed by atoms with E-state index in [-0.39, 0.29) is 18.3 Å². The van der Waals surface area contributed by atoms with Gasteiger partial charge in [0, 0.05) is 13.1 Å². The molecule has 0 bridgehead atoms. The van der Waals surface area contributed by atoms with Gasteiger partial charge in [0.05, 0.1) is 56.0 Å². The Morgan fingerprint density at radius 2 is 1.56 bits per heavy atom. The van der Waals surface area contributed by atoms with Gasteiger partial charge in [-0.1, -0.05) is 6.08 Å². The van der Waals surface area contributed by atoms with Crippen LogP contribution in [0.3, 0.4) is 0 Å². The van der Waals surface area contributed by atoms with Gasteiger partial charge in [-0.25, -0.2) is 0 Å². The van der Waals surface area contributed by atoms with Crippen LogP contribution < -0.4 is 14.2 Å². The van der Waals surface area contributed by atoms with Gasteiger partial charge in [0.1, 0.15) is 18.4 Å². The van der Waals surface area contributed by atoms with E-state index >= 15 is 0 Å². The lowest BCUT2D eigenvalue weighted by atomic mass is 10.1. The Morgan fingerprint density at radius 1 is 0.906 bits per heavy atom. The number of methoxy groups -OCH3 is 1. The van der Waals surface area contributed by atoms with E-state index < -0.39 is 0 Å². The molecule has 2 aromatic heterocycles. The van der Waals surface area contributed by atoms with Gasteiger partial charge in [0.15, 0.2) is 0 Å². The fourth-order valence-corrected chi connectivity index (χ4v) is 4.02. The number of hydrogen-bond acceptors (Lipinski definition) is 12. The number of aromatic nitrogens is 4. The quantitative estimate of drug-likeness (QED) is 0.421. The molecule has 10 nitrogen and oxygen atoms in total. The summed E-state index contributed by atoms with van der Waals surface area (Å²) < 4.78 is 45.2. The van der Waals surface area contributed by atoms with Crippen LogP contribution in [0.4, 0.5) is 0 Å². The second kappa shape index (κ2) is 12.4. The van der Waals surface area contributed by atoms with Gasteiger partial charge in [-0.3, -0.25) is 0 Å². The van der Waals surface area contributed by atoms with Crippen molar-refractivity contribution in [1.82, 2.24) is 22.4 Å². The molecule has 0 aliphatic carbocycles. The largest absolute Gasteiger partial charge is 0.477 e. The lowest BCUT2D eigenvalue weighted by Crippen LogP contribution is -2.28. The summed E-state index contributed by atoms with van der Waals surface area (Å²) in [5, 5.41) is 0. The molecule has 3 atom stereocenters. The summed E-state index contributed by atoms with van der Waals surface area (Å²) in [5.41, 5.74) is 2.00. The van der Waals surface area contributed by atoms with E-state index in [4.69, 9.17) is 23.7 Å². The van der Waals surface area contributed by atoms with Gasteiger partial charge < -0.3 is 28.6 Å². The monoisotopic (exact) mass is 485 g/mol. The highest BCUT2D eigenvalue weighted by Crippen LogP contribution is 2.27. The fourth-order valence-electron chi connectivity index (χ4n) is 3.02. The topological polar surface area (TPSA) is 101 Å². The predicted molar refractivity (Wildman–Crippen MR) is 123 cm³/mol. The molecule has 0 saturated heterocycles. The van der Waals surface area contributed by atoms with Crippen LogP contribution in [0.15, 0.2) is 6.08 Å². The highest BCUT2D eigenvalue weighted by molar-refractivity contribution is 6.99. The van der Waals surface area contributed by atoms with E-state index in [2.05, 4.69) is 35.5 Å². The second-order valence-electron chi connectivity index (χ2n) is 7.78. The van der Waals surface area contributed by atoms with E-state index in [1.807, 2.05) is 20.8 Å². The Balaban J connectivity index is 1.36. The minimum absolute atomic E-state index is 0.0956. The van der Waals surface area contributed by atoms with Crippen LogP contribution in [0, 0.1) is 0 Å². The molecule has 2 aromatic rings. The summed E-state index contributed by atoms with van der Waals surface area (Å²) in [7, 11) is 3.64. The van der Waals surface area contributed by atoms with Gasteiger partial charge in [-0.2, -0.15) is 4.37 Å². The van der Waals surface area contributed by atoms with Crippen molar-refractivity contribution in [1.29, 1.82) is 0 Å². The van der Waals surface area contributed by atoms with Crippen LogP contribution in [0.2, 0.25) is 0 Å². The zero-order valence-corrected chi connectivity index (χ0v) is 20.8. The highest BCUT2D eigenvalue weighted by atomic mass is 32.1. The van der Waals surface area contributed by atoms with Gasteiger partial charge in [0.2, 0.25) is 0 Å². The summed E-state index contributed by atoms with van der Waals surface area (Å²) in [5.74, 6) is 1.35. The maximum absolute atomic E-state index is 6.02. The maximum atomic E-state index is 6.02. The van der Waals surface area contributed by atoms with E-state index in [0.717, 1.165) is 36.9 Å². The molecule has 178 valence electrons. The number of rotatable bonds is 13. The van der Waals surface area contributed by atoms with Crippen molar-refractivity contribution in [3.63, 3.8) is 0 Å². The van der Waals surface area contributed by atoms with Crippen molar-refractivity contribution in [3.8, 4) is 17.6 Å². The number of likely N-dealkylation sites (N-methyl/N-ethyl adjacent to an activating group) is 1. The minimum Gasteiger partial charge on any atom is -0.477 e. The SMILES string of the molecule is COc1nsnc1OCC(C)OCC(C)OCC(C)Oc1nsnc1C1=CCCN(C)C1. The van der Waals surface area contributed by atoms with E-state index in [0.29, 0.717) is 37.5 Å². The first kappa shape index (κ1) is 24.8. The average Bonchev–Trinajstić information content (AvgIpc) is 3.43. The minimum atomic E-state index is -0.160. The Labute approximate surface area is 197 Å². The molecule has 32 heavy (non-hydrogen) atoms. The summed E-state index contributed by atoms with van der Waals surface area (Å²) in [4.78, 5) is 2.27. The van der Waals surface area contributed by atoms with Gasteiger partial charge >= 0.3 is 0 Å². The van der Waals surface area contributed by atoms with Crippen molar-refractivity contribution in [2.75, 3.05) is 47.1 Å². The third-order valence-electron chi connectivity index (χ3n) is 4.73. The Hall–Kier alpha value is -1.86. The Morgan fingerprint density at radius 3 is 2.31 bits per heavy atom. The molecule has 3 rings (SSSR count). The smallest absolute Gasteiger partial charge is 0.291 e. The maximum Gasteiger partial charge on any atom is 0.291 e. The summed E-state index contributed by atoms with van der Waals surface area (Å²) in [6, 6.07) is 0. The molecule has 1 aliphatic rings. The van der Waals surface area contributed by atoms with Gasteiger partial charge in [-0.15, -0.1) is 13.1 Å². The summed E-state index contributed by atoms with van der Waals surface area (Å²) in [6.07, 6.45) is 2.84. The molecule has 0 aromatic carbocycles. The zero-order chi connectivity index (χ0) is 22.9. The fraction of sp³-hybridized carbons (Fsp3) is 0.700. The van der Waals surface area contributed by atoms with Crippen molar-refractivity contribution in [3.05, 3.63) is 11.8 Å². The molecule has 3 heterocycles. The molecule has 0 amide bonds. The number of hydrogen-bond donors (Lipinski definition) is 0. The first-order valence-corrected chi connectivity index (χ1v) is 12.0. The van der Waals surface area contributed by atoms with Crippen molar-refractivity contribution < 1.29 is 23.7 Å². The Kier molecular flexibility index (Phi) is 9.60. The number of nitrogens with zero attached hydrogens (tertiary/aromatic N) is 5. The second-order valence-corrected chi connectivity index (χ2v) is 8.84. The molecule has 0 radical (unpaired) electrons. The van der Waals surface area contributed by atoms with Gasteiger partial charge in [-0.05, 0) is 39.8 Å². The van der Waals surface area contributed by atoms with E-state index in [9.17, 15) is 0 Å². The average molecular weight is 486 g/mol. The lowest BCUT2D eigenvalue weighted by molar-refractivity contribution is -0.0575. The molecule has 3 unspecified atom stereocenters. The zero-order valence-electron chi connectivity index (χ0n) is 19.1. The predicted octanol–water partition coefficient (Wildman–Crippen LogP) is 2.77. The van der Waals surface area contributed by atoms with Crippen LogP contribution in [0.25, 0.3) is 5.57 Å². The molecule has 0 spiro atoms. The van der Waals surface area contributed by atoms with Crippen LogP contribution in [-0.4, -0.2) is 87.8 Å². The lowest BCUT2D eigenvalue weighted by Gasteiger charge is -2.23. The van der Waals surface area contributed by atoms with Crippen molar-refractivity contribution >= 4 is 29.0 Å². The molecular formula is C20H31N5O5S2. The van der Waals surface area contributed by atoms with Crippen molar-refractivity contribution in [2.24, 2.45) is 0 Å². The third-order valence-corrected chi connectivity index (χ3v) is 5.73. The first-order valence-electron chi connectivity index (χ1n) is 10.6. The molecule has 1 aliphatic heterocycles. The summed E-state index contributed by atoms with van der Waals surface area (Å²) >= 11 is 2.22. The molecular weight excluding hydrogens is 454 g/mol. The van der Waals surface area contributed by atoms with Crippen LogP contribution in [0.1, 0.15) is 32.9 Å². The van der Waals surface area contributed by atoms with E-state index in [1.54, 1.807) is 0 Å². The van der Waals surface area contributed by atoms with Crippen molar-refractivity contribution in [2.45, 2.75) is 45.5 Å². The molecule has 12 heteroatoms. The Bertz CT molecular complexity index is 861. The highest BCUT2D eigenvalue weighted by Gasteiger charge is 2.20. The third kappa shape index (κ3) is 7.34. The standard InChI is InChI=1S/C20H31N5O5S2/c1-13(10-27-14(2)11-29-20-19(26-5)23-32-24-20)28-12-15(3)30-18-17(21-31-22-18)16-7-6-8-25(4)9-16/h7,13-15H,6,8-12H2,1-5H3. The molecule has 0 fully saturated rings. The normalized spacial score (nSPS) is 17.5. The van der Waals surface area contributed by atoms with Crippen LogP contribution in [0.5, 0.6) is 17.6 Å². The molecule has 0 saturated carbocycles. The van der Waals surface area contributed by atoms with Gasteiger partial charge in [0.25, 0.3) is 17.6 Å². The van der Waals surface area contributed by atoms with Crippen LogP contribution >= 0.6 is 23.5 Å². The first-order chi connectivity index (χ1) is 15.5. The van der Waals surface area contributed by atoms with Crippen LogP contribution in [-0.2, 0) is 9.47 Å². The number of ether oxygens (including phenoxy) is 5. The van der Waals surface area contributed by atoms with E-state index in [1.165, 1.54) is 24.4 Å².